The Morgan fingerprint density at radius 1 is 0.312 bits per heavy atom. The maximum atomic E-state index is 6.24. The van der Waals surface area contributed by atoms with Crippen molar-refractivity contribution in [1.82, 2.24) is 9.97 Å². The lowest BCUT2D eigenvalue weighted by molar-refractivity contribution is 0.660. The molecule has 2 heterocycles. The highest BCUT2D eigenvalue weighted by molar-refractivity contribution is 6.06. The third-order valence-corrected chi connectivity index (χ3v) is 13.1. The summed E-state index contributed by atoms with van der Waals surface area (Å²) in [6.45, 7) is 4.67. The van der Waals surface area contributed by atoms with Gasteiger partial charge in [0.15, 0.2) is 5.82 Å². The minimum Gasteiger partial charge on any atom is -0.456 e. The van der Waals surface area contributed by atoms with Crippen LogP contribution in [0.2, 0.25) is 0 Å². The zero-order valence-corrected chi connectivity index (χ0v) is 35.6. The molecule has 0 saturated heterocycles. The van der Waals surface area contributed by atoms with Gasteiger partial charge in [0, 0.05) is 32.9 Å². The molecule has 0 fully saturated rings. The maximum Gasteiger partial charge on any atom is 0.160 e. The summed E-state index contributed by atoms with van der Waals surface area (Å²) in [6, 6.07) is 78.1. The van der Waals surface area contributed by atoms with Crippen LogP contribution in [0.5, 0.6) is 0 Å². The number of benzene rings is 9. The van der Waals surface area contributed by atoms with Gasteiger partial charge in [-0.3, -0.25) is 0 Å². The highest BCUT2D eigenvalue weighted by atomic mass is 16.3. The molecule has 12 rings (SSSR count). The van der Waals surface area contributed by atoms with E-state index >= 15 is 0 Å². The highest BCUT2D eigenvalue weighted by Crippen LogP contribution is 2.50. The van der Waals surface area contributed by atoms with Gasteiger partial charge in [0.1, 0.15) is 11.2 Å². The van der Waals surface area contributed by atoms with Gasteiger partial charge in [0.2, 0.25) is 0 Å². The van der Waals surface area contributed by atoms with Gasteiger partial charge in [-0.1, -0.05) is 166 Å². The highest BCUT2D eigenvalue weighted by Gasteiger charge is 2.35. The number of aromatic nitrogens is 2. The maximum absolute atomic E-state index is 6.24. The van der Waals surface area contributed by atoms with Crippen molar-refractivity contribution >= 4 is 21.9 Å². The van der Waals surface area contributed by atoms with Gasteiger partial charge in [-0.25, -0.2) is 9.97 Å². The normalized spacial score (nSPS) is 12.7. The molecule has 2 aromatic heterocycles. The molecule has 0 spiro atoms. The summed E-state index contributed by atoms with van der Waals surface area (Å²) in [5, 5.41) is 2.21. The van der Waals surface area contributed by atoms with E-state index in [1.807, 2.05) is 18.2 Å². The smallest absolute Gasteiger partial charge is 0.160 e. The first kappa shape index (κ1) is 37.6. The molecule has 0 radical (unpaired) electrons. The van der Waals surface area contributed by atoms with E-state index in [1.54, 1.807) is 0 Å². The SMILES string of the molecule is CC1(C)c2ccccc2-c2cc(-c3cc(-c4ccccc4)cc(-c4cc(-c5cc(-c6ccccc6)cc(-c6ccc7oc8ccccc8c7c6)c5)nc(-c5ccccc5)n4)c3)ccc21. The predicted molar refractivity (Wildman–Crippen MR) is 265 cm³/mol. The van der Waals surface area contributed by atoms with Crippen molar-refractivity contribution in [3.05, 3.63) is 230 Å². The van der Waals surface area contributed by atoms with Crippen molar-refractivity contribution < 1.29 is 4.42 Å². The van der Waals surface area contributed by atoms with Crippen LogP contribution in [0.25, 0.3) is 111 Å². The number of hydrogen-bond acceptors (Lipinski definition) is 3. The van der Waals surface area contributed by atoms with E-state index in [0.717, 1.165) is 89.0 Å². The number of hydrogen-bond donors (Lipinski definition) is 0. The number of nitrogens with zero attached hydrogens (tertiary/aromatic N) is 2. The van der Waals surface area contributed by atoms with Gasteiger partial charge >= 0.3 is 0 Å². The third kappa shape index (κ3) is 6.53. The van der Waals surface area contributed by atoms with E-state index in [4.69, 9.17) is 14.4 Å². The van der Waals surface area contributed by atoms with Gasteiger partial charge in [0.05, 0.1) is 11.4 Å². The van der Waals surface area contributed by atoms with Crippen molar-refractivity contribution in [2.45, 2.75) is 19.3 Å². The summed E-state index contributed by atoms with van der Waals surface area (Å²) in [5.41, 5.74) is 20.8. The topological polar surface area (TPSA) is 38.9 Å². The Bertz CT molecular complexity index is 3570. The van der Waals surface area contributed by atoms with E-state index in [-0.39, 0.29) is 5.41 Å². The van der Waals surface area contributed by atoms with Crippen LogP contribution in [0.1, 0.15) is 25.0 Å². The number of para-hydroxylation sites is 1. The number of furan rings is 1. The Balaban J connectivity index is 1.06. The Labute approximate surface area is 373 Å². The third-order valence-electron chi connectivity index (χ3n) is 13.1. The minimum absolute atomic E-state index is 0.0647. The zero-order valence-electron chi connectivity index (χ0n) is 35.6. The fraction of sp³-hybridized carbons (Fsp3) is 0.0492. The first-order chi connectivity index (χ1) is 31.4. The molecule has 302 valence electrons. The lowest BCUT2D eigenvalue weighted by Crippen LogP contribution is -2.14. The second-order valence-electron chi connectivity index (χ2n) is 17.4. The average Bonchev–Trinajstić information content (AvgIpc) is 3.85. The van der Waals surface area contributed by atoms with E-state index in [1.165, 1.54) is 27.8 Å². The van der Waals surface area contributed by atoms with Gasteiger partial charge in [0.25, 0.3) is 0 Å². The van der Waals surface area contributed by atoms with Gasteiger partial charge in [-0.15, -0.1) is 0 Å². The van der Waals surface area contributed by atoms with Crippen molar-refractivity contribution in [3.63, 3.8) is 0 Å². The summed E-state index contributed by atoms with van der Waals surface area (Å²) >= 11 is 0. The van der Waals surface area contributed by atoms with Crippen LogP contribution >= 0.6 is 0 Å². The first-order valence-corrected chi connectivity index (χ1v) is 22.0. The average molecular weight is 819 g/mol. The standard InChI is InChI=1S/C61H42N2O/c1-61(2)54-24-14-12-22-50(54)52-36-42(26-28-55(52)61)46-30-44(39-16-6-3-7-17-39)32-48(34-46)56-38-57(63-60(62-56)41-20-10-5-11-21-41)49-33-45(40-18-8-4-9-19-40)31-47(35-49)43-27-29-59-53(37-43)51-23-13-15-25-58(51)64-59/h3-38H,1-2H3. The van der Waals surface area contributed by atoms with Crippen molar-refractivity contribution in [3.8, 4) is 89.5 Å². The minimum atomic E-state index is -0.0647. The van der Waals surface area contributed by atoms with E-state index in [0.29, 0.717) is 5.82 Å². The lowest BCUT2D eigenvalue weighted by atomic mass is 9.82. The molecule has 0 unspecified atom stereocenters. The van der Waals surface area contributed by atoms with E-state index in [9.17, 15) is 0 Å². The van der Waals surface area contributed by atoms with Crippen molar-refractivity contribution in [2.75, 3.05) is 0 Å². The summed E-state index contributed by atoms with van der Waals surface area (Å²) in [4.78, 5) is 10.7. The zero-order chi connectivity index (χ0) is 42.8. The summed E-state index contributed by atoms with van der Waals surface area (Å²) in [7, 11) is 0. The lowest BCUT2D eigenvalue weighted by Gasteiger charge is -2.21. The Hall–Kier alpha value is -8.14. The quantitative estimate of drug-likeness (QED) is 0.161. The van der Waals surface area contributed by atoms with Crippen molar-refractivity contribution in [1.29, 1.82) is 0 Å². The van der Waals surface area contributed by atoms with Gasteiger partial charge < -0.3 is 4.42 Å². The summed E-state index contributed by atoms with van der Waals surface area (Å²) in [5.74, 6) is 0.675. The predicted octanol–water partition coefficient (Wildman–Crippen LogP) is 16.4. The largest absolute Gasteiger partial charge is 0.456 e. The molecule has 0 N–H and O–H groups in total. The van der Waals surface area contributed by atoms with Gasteiger partial charge in [-0.2, -0.15) is 0 Å². The summed E-state index contributed by atoms with van der Waals surface area (Å²) < 4.78 is 6.24. The molecule has 1 aliphatic carbocycles. The fourth-order valence-corrected chi connectivity index (χ4v) is 9.74. The van der Waals surface area contributed by atoms with Crippen LogP contribution < -0.4 is 0 Å². The van der Waals surface area contributed by atoms with Crippen molar-refractivity contribution in [2.24, 2.45) is 0 Å². The molecule has 11 aromatic rings. The summed E-state index contributed by atoms with van der Waals surface area (Å²) in [6.07, 6.45) is 0. The molecule has 3 heteroatoms. The van der Waals surface area contributed by atoms with E-state index in [2.05, 4.69) is 214 Å². The fourth-order valence-electron chi connectivity index (χ4n) is 9.74. The molecule has 0 amide bonds. The first-order valence-electron chi connectivity index (χ1n) is 22.0. The van der Waals surface area contributed by atoms with Crippen LogP contribution in [0.4, 0.5) is 0 Å². The van der Waals surface area contributed by atoms with Crippen LogP contribution in [0, 0.1) is 0 Å². The second kappa shape index (κ2) is 15.0. The van der Waals surface area contributed by atoms with E-state index < -0.39 is 0 Å². The van der Waals surface area contributed by atoms with Gasteiger partial charge in [-0.05, 0) is 133 Å². The van der Waals surface area contributed by atoms with Crippen LogP contribution in [0.3, 0.4) is 0 Å². The number of fused-ring (bicyclic) bond motifs is 6. The molecule has 9 aromatic carbocycles. The Kier molecular flexibility index (Phi) is 8.84. The molecule has 1 aliphatic rings. The Morgan fingerprint density at radius 3 is 1.42 bits per heavy atom. The molecule has 0 aliphatic heterocycles. The molecule has 3 nitrogen and oxygen atoms in total. The molecular weight excluding hydrogens is 777 g/mol. The second-order valence-corrected chi connectivity index (χ2v) is 17.4. The van der Waals surface area contributed by atoms with Crippen LogP contribution in [-0.2, 0) is 5.41 Å². The number of rotatable bonds is 7. The molecule has 0 bridgehead atoms. The molecule has 0 atom stereocenters. The molecule has 64 heavy (non-hydrogen) atoms. The monoisotopic (exact) mass is 818 g/mol. The molecular formula is C61H42N2O. The Morgan fingerprint density at radius 2 is 0.781 bits per heavy atom. The molecule has 0 saturated carbocycles. The van der Waals surface area contributed by atoms with Crippen LogP contribution in [-0.4, -0.2) is 9.97 Å². The van der Waals surface area contributed by atoms with Crippen LogP contribution in [0.15, 0.2) is 223 Å².